The molecule has 7 rings (SSSR count). The van der Waals surface area contributed by atoms with Crippen LogP contribution in [-0.4, -0.2) is 36.9 Å². The minimum atomic E-state index is -4.89. The molecule has 0 aromatic heterocycles. The number of hydrogen-bond donors (Lipinski definition) is 3. The first-order valence-electron chi connectivity index (χ1n) is 18.4. The first-order chi connectivity index (χ1) is 27.6. The topological polar surface area (TPSA) is 106 Å². The standard InChI is InChI=1S/C46H38F3N3O5/c47-46(48,49)57-35-26-24-34(25-27-35)50-43(54)41(51-44(55)56-30-40-38-22-12-10-20-36(38)37-21-11-13-23-39(37)40)28-29-42(53)52-45(31-14-4-1-5-15-31,32-16-6-2-7-17-32)33-18-8-3-9-19-33/h1-27,40-41H,28-30H2,(H,50,54)(H,51,55)(H,52,53)/t41-/m0/s1. The van der Waals surface area contributed by atoms with E-state index in [4.69, 9.17) is 4.74 Å². The van der Waals surface area contributed by atoms with Crippen molar-refractivity contribution in [3.63, 3.8) is 0 Å². The van der Waals surface area contributed by atoms with Crippen molar-refractivity contribution in [1.29, 1.82) is 0 Å². The second-order valence-corrected chi connectivity index (χ2v) is 13.5. The highest BCUT2D eigenvalue weighted by Gasteiger charge is 2.38. The largest absolute Gasteiger partial charge is 0.573 e. The second-order valence-electron chi connectivity index (χ2n) is 13.5. The Morgan fingerprint density at radius 1 is 0.614 bits per heavy atom. The van der Waals surface area contributed by atoms with E-state index in [0.717, 1.165) is 51.1 Å². The molecule has 6 aromatic carbocycles. The van der Waals surface area contributed by atoms with Gasteiger partial charge >= 0.3 is 12.5 Å². The highest BCUT2D eigenvalue weighted by Crippen LogP contribution is 2.44. The van der Waals surface area contributed by atoms with Crippen molar-refractivity contribution < 1.29 is 37.0 Å². The van der Waals surface area contributed by atoms with Crippen molar-refractivity contribution in [2.24, 2.45) is 0 Å². The Bertz CT molecular complexity index is 2180. The SMILES string of the molecule is O=C(CC[C@H](NC(=O)OCC1c2ccccc2-c2ccccc21)C(=O)Nc1ccc(OC(F)(F)F)cc1)NC(c1ccccc1)(c1ccccc1)c1ccccc1. The summed E-state index contributed by atoms with van der Waals surface area (Å²) in [6, 6.07) is 47.7. The number of fused-ring (bicyclic) bond motifs is 3. The zero-order chi connectivity index (χ0) is 39.8. The van der Waals surface area contributed by atoms with Crippen LogP contribution < -0.4 is 20.7 Å². The number of alkyl halides is 3. The number of benzene rings is 6. The van der Waals surface area contributed by atoms with Crippen molar-refractivity contribution in [2.45, 2.75) is 36.7 Å². The van der Waals surface area contributed by atoms with Crippen LogP contribution in [0.15, 0.2) is 164 Å². The van der Waals surface area contributed by atoms with Gasteiger partial charge < -0.3 is 25.4 Å². The van der Waals surface area contributed by atoms with Gasteiger partial charge in [-0.15, -0.1) is 13.2 Å². The van der Waals surface area contributed by atoms with Crippen molar-refractivity contribution in [2.75, 3.05) is 11.9 Å². The summed E-state index contributed by atoms with van der Waals surface area (Å²) in [5.41, 5.74) is 5.57. The fraction of sp³-hybridized carbons (Fsp3) is 0.152. The third-order valence-corrected chi connectivity index (χ3v) is 9.92. The second kappa shape index (κ2) is 16.9. The Morgan fingerprint density at radius 3 is 1.58 bits per heavy atom. The molecule has 3 amide bonds. The predicted octanol–water partition coefficient (Wildman–Crippen LogP) is 9.32. The van der Waals surface area contributed by atoms with Crippen LogP contribution in [0.3, 0.4) is 0 Å². The number of hydrogen-bond acceptors (Lipinski definition) is 5. The lowest BCUT2D eigenvalue weighted by molar-refractivity contribution is -0.274. The molecule has 6 aromatic rings. The molecule has 0 radical (unpaired) electrons. The maximum Gasteiger partial charge on any atom is 0.573 e. The number of carbonyl (C=O) groups is 3. The molecule has 0 heterocycles. The molecular formula is C46H38F3N3O5. The van der Waals surface area contributed by atoms with E-state index in [9.17, 15) is 27.6 Å². The van der Waals surface area contributed by atoms with E-state index in [2.05, 4.69) is 20.7 Å². The molecule has 1 aliphatic carbocycles. The van der Waals surface area contributed by atoms with Crippen LogP contribution in [-0.2, 0) is 19.9 Å². The Balaban J connectivity index is 1.11. The van der Waals surface area contributed by atoms with Crippen LogP contribution in [0.25, 0.3) is 11.1 Å². The molecule has 0 saturated heterocycles. The highest BCUT2D eigenvalue weighted by molar-refractivity contribution is 5.97. The van der Waals surface area contributed by atoms with E-state index < -0.39 is 41.6 Å². The van der Waals surface area contributed by atoms with Gasteiger partial charge in [-0.3, -0.25) is 9.59 Å². The van der Waals surface area contributed by atoms with Gasteiger partial charge in [-0.1, -0.05) is 140 Å². The molecule has 57 heavy (non-hydrogen) atoms. The Labute approximate surface area is 327 Å². The number of anilines is 1. The van der Waals surface area contributed by atoms with Crippen LogP contribution in [0.5, 0.6) is 5.75 Å². The number of alkyl carbamates (subject to hydrolysis) is 1. The fourth-order valence-electron chi connectivity index (χ4n) is 7.35. The summed E-state index contributed by atoms with van der Waals surface area (Å²) in [6.45, 7) is -0.0108. The summed E-state index contributed by atoms with van der Waals surface area (Å²) in [6.07, 6.45) is -6.11. The van der Waals surface area contributed by atoms with Gasteiger partial charge in [0.2, 0.25) is 11.8 Å². The number of carbonyl (C=O) groups excluding carboxylic acids is 3. The van der Waals surface area contributed by atoms with E-state index in [0.29, 0.717) is 0 Å². The van der Waals surface area contributed by atoms with Gasteiger partial charge in [-0.05, 0) is 69.6 Å². The quantitative estimate of drug-likeness (QED) is 0.102. The molecule has 11 heteroatoms. The Hall–Kier alpha value is -6.88. The molecular weight excluding hydrogens is 732 g/mol. The summed E-state index contributed by atoms with van der Waals surface area (Å²) in [7, 11) is 0. The van der Waals surface area contributed by atoms with E-state index in [-0.39, 0.29) is 31.1 Å². The van der Waals surface area contributed by atoms with Gasteiger partial charge in [-0.25, -0.2) is 4.79 Å². The van der Waals surface area contributed by atoms with Crippen LogP contribution in [0, 0.1) is 0 Å². The lowest BCUT2D eigenvalue weighted by Gasteiger charge is -2.37. The molecule has 0 spiro atoms. The number of ether oxygens (including phenoxy) is 2. The average molecular weight is 770 g/mol. The van der Waals surface area contributed by atoms with Crippen LogP contribution in [0.1, 0.15) is 46.6 Å². The fourth-order valence-corrected chi connectivity index (χ4v) is 7.35. The minimum Gasteiger partial charge on any atom is -0.449 e. The average Bonchev–Trinajstić information content (AvgIpc) is 3.55. The van der Waals surface area contributed by atoms with Crippen LogP contribution in [0.4, 0.5) is 23.7 Å². The third kappa shape index (κ3) is 8.83. The normalized spacial score (nSPS) is 12.8. The van der Waals surface area contributed by atoms with Crippen LogP contribution >= 0.6 is 0 Å². The number of nitrogens with one attached hydrogen (secondary N) is 3. The van der Waals surface area contributed by atoms with E-state index in [1.807, 2.05) is 140 Å². The molecule has 1 atom stereocenters. The molecule has 0 unspecified atom stereocenters. The molecule has 0 aliphatic heterocycles. The minimum absolute atomic E-state index is 0.0108. The Kier molecular flexibility index (Phi) is 11.4. The van der Waals surface area contributed by atoms with Crippen molar-refractivity contribution in [3.8, 4) is 16.9 Å². The molecule has 0 bridgehead atoms. The summed E-state index contributed by atoms with van der Waals surface area (Å²) < 4.78 is 47.9. The van der Waals surface area contributed by atoms with E-state index in [1.54, 1.807) is 0 Å². The molecule has 8 nitrogen and oxygen atoms in total. The van der Waals surface area contributed by atoms with Gasteiger partial charge in [0.05, 0.1) is 0 Å². The van der Waals surface area contributed by atoms with Crippen molar-refractivity contribution in [1.82, 2.24) is 10.6 Å². The smallest absolute Gasteiger partial charge is 0.449 e. The van der Waals surface area contributed by atoms with Gasteiger partial charge in [0.15, 0.2) is 0 Å². The summed E-state index contributed by atoms with van der Waals surface area (Å²) >= 11 is 0. The van der Waals surface area contributed by atoms with E-state index in [1.165, 1.54) is 12.1 Å². The monoisotopic (exact) mass is 769 g/mol. The number of amides is 3. The van der Waals surface area contributed by atoms with Gasteiger partial charge in [0, 0.05) is 18.0 Å². The lowest BCUT2D eigenvalue weighted by Crippen LogP contribution is -2.49. The zero-order valence-corrected chi connectivity index (χ0v) is 30.5. The third-order valence-electron chi connectivity index (χ3n) is 9.92. The number of rotatable bonds is 13. The molecule has 3 N–H and O–H groups in total. The highest BCUT2D eigenvalue weighted by atomic mass is 19.4. The van der Waals surface area contributed by atoms with Gasteiger partial charge in [-0.2, -0.15) is 0 Å². The summed E-state index contributed by atoms with van der Waals surface area (Å²) in [5, 5.41) is 8.53. The zero-order valence-electron chi connectivity index (χ0n) is 30.5. The Morgan fingerprint density at radius 2 is 1.09 bits per heavy atom. The van der Waals surface area contributed by atoms with Gasteiger partial charge in [0.25, 0.3) is 0 Å². The van der Waals surface area contributed by atoms with Crippen molar-refractivity contribution >= 4 is 23.6 Å². The number of halogens is 3. The van der Waals surface area contributed by atoms with Crippen LogP contribution in [0.2, 0.25) is 0 Å². The molecule has 1 aliphatic rings. The predicted molar refractivity (Wildman–Crippen MR) is 210 cm³/mol. The summed E-state index contributed by atoms with van der Waals surface area (Å²) in [4.78, 5) is 41.4. The first kappa shape index (κ1) is 38.4. The maximum absolute atomic E-state index is 14.1. The summed E-state index contributed by atoms with van der Waals surface area (Å²) in [5.74, 6) is -1.82. The first-order valence-corrected chi connectivity index (χ1v) is 18.4. The van der Waals surface area contributed by atoms with E-state index >= 15 is 0 Å². The maximum atomic E-state index is 14.1. The molecule has 288 valence electrons. The molecule has 0 saturated carbocycles. The van der Waals surface area contributed by atoms with Crippen molar-refractivity contribution in [3.05, 3.63) is 192 Å². The lowest BCUT2D eigenvalue weighted by atomic mass is 9.77. The van der Waals surface area contributed by atoms with Gasteiger partial charge in [0.1, 0.15) is 23.9 Å². The molecule has 0 fully saturated rings.